The van der Waals surface area contributed by atoms with Crippen molar-refractivity contribution in [2.45, 2.75) is 44.8 Å². The average molecular weight is 553 g/mol. The van der Waals surface area contributed by atoms with E-state index in [9.17, 15) is 22.8 Å². The molecule has 13 heteroatoms. The molecule has 1 aliphatic rings. The number of hydrogen-bond acceptors (Lipinski definition) is 8. The Hall–Kier alpha value is -3.09. The summed E-state index contributed by atoms with van der Waals surface area (Å²) in [6, 6.07) is 3.13. The van der Waals surface area contributed by atoms with Gasteiger partial charge in [-0.3, -0.25) is 14.5 Å². The van der Waals surface area contributed by atoms with Gasteiger partial charge in [0.2, 0.25) is 0 Å². The number of halogens is 4. The summed E-state index contributed by atoms with van der Waals surface area (Å²) in [4.78, 5) is 40.7. The van der Waals surface area contributed by atoms with Crippen LogP contribution < -0.4 is 11.1 Å². The summed E-state index contributed by atoms with van der Waals surface area (Å²) < 4.78 is 39.3. The predicted octanol–water partition coefficient (Wildman–Crippen LogP) is 5.41. The van der Waals surface area contributed by atoms with Gasteiger partial charge in [-0.05, 0) is 44.1 Å². The topological polar surface area (TPSA) is 114 Å². The lowest BCUT2D eigenvalue weighted by Crippen LogP contribution is -2.23. The van der Waals surface area contributed by atoms with Gasteiger partial charge >= 0.3 is 6.18 Å². The Balaban J connectivity index is 1.44. The highest BCUT2D eigenvalue weighted by molar-refractivity contribution is 7.13. The van der Waals surface area contributed by atoms with E-state index in [1.165, 1.54) is 18.6 Å². The van der Waals surface area contributed by atoms with E-state index in [-0.39, 0.29) is 40.2 Å². The number of likely N-dealkylation sites (tertiary alicyclic amines) is 1. The molecule has 4 rings (SSSR count). The van der Waals surface area contributed by atoms with Gasteiger partial charge in [0.15, 0.2) is 5.78 Å². The highest BCUT2D eigenvalue weighted by Crippen LogP contribution is 2.36. The van der Waals surface area contributed by atoms with Crippen LogP contribution in [0.15, 0.2) is 30.7 Å². The van der Waals surface area contributed by atoms with E-state index < -0.39 is 22.7 Å². The SMILES string of the molecule is C[C@H](CC(=O)c1ncnc(N)c1CN1CCCC1)c1ncc(C(=O)Nc2ccc(Cl)c(C(F)(F)F)c2)s1. The van der Waals surface area contributed by atoms with Crippen molar-refractivity contribution in [2.75, 3.05) is 24.1 Å². The van der Waals surface area contributed by atoms with Crippen molar-refractivity contribution < 1.29 is 22.8 Å². The summed E-state index contributed by atoms with van der Waals surface area (Å²) in [7, 11) is 0. The Morgan fingerprint density at radius 1 is 1.22 bits per heavy atom. The number of rotatable bonds is 8. The molecule has 0 saturated carbocycles. The largest absolute Gasteiger partial charge is 0.417 e. The monoisotopic (exact) mass is 552 g/mol. The molecule has 0 aliphatic carbocycles. The van der Waals surface area contributed by atoms with Crippen LogP contribution in [0.4, 0.5) is 24.7 Å². The fourth-order valence-corrected chi connectivity index (χ4v) is 5.17. The Morgan fingerprint density at radius 3 is 2.65 bits per heavy atom. The molecule has 1 aromatic carbocycles. The summed E-state index contributed by atoms with van der Waals surface area (Å²) in [6.45, 7) is 4.16. The van der Waals surface area contributed by atoms with Crippen molar-refractivity contribution in [3.8, 4) is 0 Å². The lowest BCUT2D eigenvalue weighted by atomic mass is 10.0. The number of nitrogen functional groups attached to an aromatic ring is 1. The van der Waals surface area contributed by atoms with E-state index in [4.69, 9.17) is 17.3 Å². The van der Waals surface area contributed by atoms with Crippen molar-refractivity contribution in [1.82, 2.24) is 19.9 Å². The van der Waals surface area contributed by atoms with Gasteiger partial charge in [-0.25, -0.2) is 15.0 Å². The summed E-state index contributed by atoms with van der Waals surface area (Å²) in [6.07, 6.45) is 0.223. The second-order valence-corrected chi connectivity index (χ2v) is 10.3. The first-order chi connectivity index (χ1) is 17.5. The molecule has 3 aromatic rings. The lowest BCUT2D eigenvalue weighted by Gasteiger charge is -2.18. The number of amides is 1. The normalized spacial score (nSPS) is 15.1. The molecule has 0 unspecified atom stereocenters. The van der Waals surface area contributed by atoms with E-state index in [0.29, 0.717) is 17.1 Å². The van der Waals surface area contributed by atoms with Crippen molar-refractivity contribution in [1.29, 1.82) is 0 Å². The summed E-state index contributed by atoms with van der Waals surface area (Å²) >= 11 is 6.70. The highest BCUT2D eigenvalue weighted by atomic mass is 35.5. The number of carbonyl (C=O) groups excluding carboxylic acids is 2. The average Bonchev–Trinajstić information content (AvgIpc) is 3.53. The zero-order valence-corrected chi connectivity index (χ0v) is 21.4. The Labute approximate surface area is 220 Å². The maximum absolute atomic E-state index is 13.1. The van der Waals surface area contributed by atoms with Crippen LogP contribution in [-0.2, 0) is 12.7 Å². The van der Waals surface area contributed by atoms with E-state index in [2.05, 4.69) is 25.2 Å². The zero-order chi connectivity index (χ0) is 26.7. The highest BCUT2D eigenvalue weighted by Gasteiger charge is 2.33. The molecule has 2 aromatic heterocycles. The summed E-state index contributed by atoms with van der Waals surface area (Å²) in [5.74, 6) is -0.878. The van der Waals surface area contributed by atoms with Gasteiger partial charge in [0, 0.05) is 30.1 Å². The van der Waals surface area contributed by atoms with Crippen LogP contribution in [0.2, 0.25) is 5.02 Å². The number of thiazole rings is 1. The molecule has 0 spiro atoms. The van der Waals surface area contributed by atoms with Crippen molar-refractivity contribution >= 4 is 46.1 Å². The molecule has 37 heavy (non-hydrogen) atoms. The van der Waals surface area contributed by atoms with Gasteiger partial charge in [-0.1, -0.05) is 18.5 Å². The second kappa shape index (κ2) is 11.1. The van der Waals surface area contributed by atoms with Crippen molar-refractivity contribution in [3.05, 3.63) is 62.5 Å². The zero-order valence-electron chi connectivity index (χ0n) is 19.8. The molecule has 1 fully saturated rings. The van der Waals surface area contributed by atoms with Crippen molar-refractivity contribution in [3.63, 3.8) is 0 Å². The van der Waals surface area contributed by atoms with E-state index >= 15 is 0 Å². The summed E-state index contributed by atoms with van der Waals surface area (Å²) in [5.41, 5.74) is 5.87. The van der Waals surface area contributed by atoms with E-state index in [0.717, 1.165) is 49.4 Å². The molecule has 1 aliphatic heterocycles. The maximum Gasteiger partial charge on any atom is 0.417 e. The quantitative estimate of drug-likeness (QED) is 0.359. The van der Waals surface area contributed by atoms with Gasteiger partial charge in [0.1, 0.15) is 22.7 Å². The fraction of sp³-hybridized carbons (Fsp3) is 0.375. The Bertz CT molecular complexity index is 1310. The number of benzene rings is 1. The number of nitrogens with zero attached hydrogens (tertiary/aromatic N) is 4. The standard InChI is InChI=1S/C24H24ClF3N6O2S/c1-13(8-18(35)20-15(21(29)32-12-31-20)11-34-6-2-3-7-34)23-30-10-19(37-23)22(36)33-14-4-5-17(25)16(9-14)24(26,27)28/h4-5,9-10,12-13H,2-3,6-8,11H2,1H3,(H,33,36)(H2,29,31,32)/t13-/m1/s1. The number of Topliss-reactive ketones (excluding diaryl/α,β-unsaturated/α-hetero) is 1. The molecule has 1 atom stereocenters. The number of carbonyl (C=O) groups is 2. The predicted molar refractivity (Wildman–Crippen MR) is 135 cm³/mol. The maximum atomic E-state index is 13.1. The third kappa shape index (κ3) is 6.43. The number of anilines is 2. The number of aromatic nitrogens is 3. The van der Waals surface area contributed by atoms with E-state index in [1.807, 2.05) is 0 Å². The summed E-state index contributed by atoms with van der Waals surface area (Å²) in [5, 5.41) is 2.51. The molecular weight excluding hydrogens is 529 g/mol. The van der Waals surface area contributed by atoms with Crippen LogP contribution in [0.25, 0.3) is 0 Å². The number of alkyl halides is 3. The Kier molecular flexibility index (Phi) is 8.10. The smallest absolute Gasteiger partial charge is 0.383 e. The van der Waals surface area contributed by atoms with Gasteiger partial charge in [0.05, 0.1) is 21.8 Å². The number of nitrogens with two attached hydrogens (primary N) is 1. The minimum Gasteiger partial charge on any atom is -0.383 e. The third-order valence-corrected chi connectivity index (χ3v) is 7.57. The number of ketones is 1. The molecule has 1 amide bonds. The fourth-order valence-electron chi connectivity index (χ4n) is 4.08. The lowest BCUT2D eigenvalue weighted by molar-refractivity contribution is -0.137. The first kappa shape index (κ1) is 27.0. The van der Waals surface area contributed by atoms with Crippen LogP contribution in [0.5, 0.6) is 0 Å². The first-order valence-electron chi connectivity index (χ1n) is 11.5. The second-order valence-electron chi connectivity index (χ2n) is 8.81. The van der Waals surface area contributed by atoms with Gasteiger partial charge in [-0.15, -0.1) is 11.3 Å². The van der Waals surface area contributed by atoms with Crippen LogP contribution in [-0.4, -0.2) is 44.6 Å². The molecule has 3 N–H and O–H groups in total. The molecule has 3 heterocycles. The van der Waals surface area contributed by atoms with Crippen LogP contribution >= 0.6 is 22.9 Å². The van der Waals surface area contributed by atoms with Crippen LogP contribution in [0.3, 0.4) is 0 Å². The van der Waals surface area contributed by atoms with Gasteiger partial charge < -0.3 is 11.1 Å². The van der Waals surface area contributed by atoms with Crippen LogP contribution in [0, 0.1) is 0 Å². The number of nitrogens with one attached hydrogen (secondary N) is 1. The third-order valence-electron chi connectivity index (χ3n) is 6.01. The minimum absolute atomic E-state index is 0.0493. The molecule has 1 saturated heterocycles. The van der Waals surface area contributed by atoms with Crippen LogP contribution in [0.1, 0.15) is 68.4 Å². The van der Waals surface area contributed by atoms with Gasteiger partial charge in [-0.2, -0.15) is 13.2 Å². The molecular formula is C24H24ClF3N6O2S. The first-order valence-corrected chi connectivity index (χ1v) is 12.7. The van der Waals surface area contributed by atoms with Gasteiger partial charge in [0.25, 0.3) is 5.91 Å². The molecule has 0 bridgehead atoms. The number of hydrogen-bond donors (Lipinski definition) is 2. The molecule has 196 valence electrons. The molecule has 8 nitrogen and oxygen atoms in total. The molecule has 0 radical (unpaired) electrons. The Morgan fingerprint density at radius 2 is 1.95 bits per heavy atom. The van der Waals surface area contributed by atoms with E-state index in [1.54, 1.807) is 6.92 Å². The minimum atomic E-state index is -4.65. The van der Waals surface area contributed by atoms with Crippen molar-refractivity contribution in [2.24, 2.45) is 0 Å².